The highest BCUT2D eigenvalue weighted by molar-refractivity contribution is 7.90. The Labute approximate surface area is 109 Å². The molecule has 0 radical (unpaired) electrons. The van der Waals surface area contributed by atoms with Crippen LogP contribution in [0.15, 0.2) is 23.2 Å². The van der Waals surface area contributed by atoms with E-state index in [4.69, 9.17) is 0 Å². The molecule has 0 amide bonds. The fourth-order valence-electron chi connectivity index (χ4n) is 1.59. The second-order valence-electron chi connectivity index (χ2n) is 4.63. The van der Waals surface area contributed by atoms with Crippen LogP contribution in [0.1, 0.15) is 13.8 Å². The molecule has 102 valence electrons. The normalized spacial score (nSPS) is 11.8. The topological polar surface area (TPSA) is 62.3 Å². The summed E-state index contributed by atoms with van der Waals surface area (Å²) in [6.07, 6.45) is 2.81. The Hall–Kier alpha value is -1.14. The fraction of sp³-hybridized carbons (Fsp3) is 0.583. The molecule has 1 N–H and O–H groups in total. The summed E-state index contributed by atoms with van der Waals surface area (Å²) < 4.78 is 23.3. The van der Waals surface area contributed by atoms with Crippen LogP contribution < -0.4 is 10.2 Å². The Morgan fingerprint density at radius 1 is 1.44 bits per heavy atom. The van der Waals surface area contributed by atoms with Crippen LogP contribution in [0.2, 0.25) is 0 Å². The third kappa shape index (κ3) is 4.27. The zero-order valence-electron chi connectivity index (χ0n) is 11.3. The van der Waals surface area contributed by atoms with Gasteiger partial charge in [0.2, 0.25) is 0 Å². The van der Waals surface area contributed by atoms with E-state index < -0.39 is 9.84 Å². The molecular formula is C12H21N3O2S. The van der Waals surface area contributed by atoms with Gasteiger partial charge in [-0.3, -0.25) is 0 Å². The number of nitrogens with one attached hydrogen (secondary N) is 1. The first kappa shape index (κ1) is 14.9. The van der Waals surface area contributed by atoms with Crippen molar-refractivity contribution in [2.75, 3.05) is 31.3 Å². The summed E-state index contributed by atoms with van der Waals surface area (Å²) in [6, 6.07) is 3.64. The van der Waals surface area contributed by atoms with Gasteiger partial charge in [0.1, 0.15) is 10.7 Å². The lowest BCUT2D eigenvalue weighted by Crippen LogP contribution is -2.33. The molecule has 0 atom stereocenters. The van der Waals surface area contributed by atoms with Gasteiger partial charge in [-0.1, -0.05) is 13.8 Å². The second kappa shape index (κ2) is 6.15. The number of pyridine rings is 1. The molecule has 0 fully saturated rings. The van der Waals surface area contributed by atoms with Crippen molar-refractivity contribution in [2.24, 2.45) is 0 Å². The van der Waals surface area contributed by atoms with Gasteiger partial charge in [0.05, 0.1) is 0 Å². The molecular weight excluding hydrogens is 250 g/mol. The molecule has 1 rings (SSSR count). The molecule has 0 bridgehead atoms. The molecule has 0 aliphatic rings. The molecule has 0 aliphatic carbocycles. The van der Waals surface area contributed by atoms with Crippen molar-refractivity contribution < 1.29 is 8.42 Å². The van der Waals surface area contributed by atoms with Crippen LogP contribution in [0.5, 0.6) is 0 Å². The van der Waals surface area contributed by atoms with Gasteiger partial charge in [-0.15, -0.1) is 0 Å². The summed E-state index contributed by atoms with van der Waals surface area (Å²) >= 11 is 0. The smallest absolute Gasteiger partial charge is 0.179 e. The van der Waals surface area contributed by atoms with E-state index in [0.29, 0.717) is 18.4 Å². The monoisotopic (exact) mass is 271 g/mol. The highest BCUT2D eigenvalue weighted by Gasteiger charge is 2.16. The van der Waals surface area contributed by atoms with Gasteiger partial charge in [-0.2, -0.15) is 0 Å². The lowest BCUT2D eigenvalue weighted by atomic mass is 10.4. The number of anilines is 1. The molecule has 5 nitrogen and oxygen atoms in total. The standard InChI is InChI=1S/C12H21N3O2S/c1-10(2)13-8-9-15(3)12-11(18(4,16)17)6-5-7-14-12/h5-7,10,13H,8-9H2,1-4H3. The van der Waals surface area contributed by atoms with E-state index in [1.54, 1.807) is 18.3 Å². The van der Waals surface area contributed by atoms with Gasteiger partial charge >= 0.3 is 0 Å². The maximum absolute atomic E-state index is 11.7. The predicted molar refractivity (Wildman–Crippen MR) is 73.8 cm³/mol. The molecule has 1 heterocycles. The number of hydrogen-bond donors (Lipinski definition) is 1. The highest BCUT2D eigenvalue weighted by Crippen LogP contribution is 2.20. The van der Waals surface area contributed by atoms with Crippen molar-refractivity contribution in [2.45, 2.75) is 24.8 Å². The maximum Gasteiger partial charge on any atom is 0.179 e. The van der Waals surface area contributed by atoms with Crippen molar-refractivity contribution in [1.29, 1.82) is 0 Å². The Kier molecular flexibility index (Phi) is 5.10. The van der Waals surface area contributed by atoms with Crippen LogP contribution in [0.4, 0.5) is 5.82 Å². The largest absolute Gasteiger partial charge is 0.357 e. The number of rotatable bonds is 6. The Morgan fingerprint density at radius 2 is 2.11 bits per heavy atom. The van der Waals surface area contributed by atoms with Gasteiger partial charge in [0.25, 0.3) is 0 Å². The Bertz CT molecular complexity index is 486. The Balaban J connectivity index is 2.83. The molecule has 0 aliphatic heterocycles. The lowest BCUT2D eigenvalue weighted by molar-refractivity contribution is 0.585. The van der Waals surface area contributed by atoms with Gasteiger partial charge < -0.3 is 10.2 Å². The molecule has 0 saturated carbocycles. The molecule has 0 aromatic carbocycles. The first-order valence-electron chi connectivity index (χ1n) is 5.92. The van der Waals surface area contributed by atoms with E-state index in [0.717, 1.165) is 6.54 Å². The van der Waals surface area contributed by atoms with E-state index in [2.05, 4.69) is 24.1 Å². The third-order valence-electron chi connectivity index (χ3n) is 2.51. The van der Waals surface area contributed by atoms with Gasteiger partial charge in [0.15, 0.2) is 9.84 Å². The number of hydrogen-bond acceptors (Lipinski definition) is 5. The van der Waals surface area contributed by atoms with E-state index in [9.17, 15) is 8.42 Å². The summed E-state index contributed by atoms with van der Waals surface area (Å²) in [4.78, 5) is 6.29. The zero-order valence-corrected chi connectivity index (χ0v) is 12.2. The van der Waals surface area contributed by atoms with Crippen LogP contribution in [-0.2, 0) is 9.84 Å². The SMILES string of the molecule is CC(C)NCCN(C)c1ncccc1S(C)(=O)=O. The summed E-state index contributed by atoms with van der Waals surface area (Å²) in [5.74, 6) is 0.505. The average molecular weight is 271 g/mol. The Morgan fingerprint density at radius 3 is 2.67 bits per heavy atom. The first-order valence-corrected chi connectivity index (χ1v) is 7.81. The molecule has 0 unspecified atom stereocenters. The van der Waals surface area contributed by atoms with Crippen molar-refractivity contribution >= 4 is 15.7 Å². The fourth-order valence-corrected chi connectivity index (χ4v) is 2.45. The van der Waals surface area contributed by atoms with Crippen molar-refractivity contribution in [1.82, 2.24) is 10.3 Å². The van der Waals surface area contributed by atoms with Crippen molar-refractivity contribution in [3.63, 3.8) is 0 Å². The number of likely N-dealkylation sites (N-methyl/N-ethyl adjacent to an activating group) is 1. The van der Waals surface area contributed by atoms with Crippen LogP contribution in [-0.4, -0.2) is 45.8 Å². The highest BCUT2D eigenvalue weighted by atomic mass is 32.2. The van der Waals surface area contributed by atoms with Gasteiger partial charge in [-0.25, -0.2) is 13.4 Å². The summed E-state index contributed by atoms with van der Waals surface area (Å²) in [6.45, 7) is 5.64. The average Bonchev–Trinajstić information content (AvgIpc) is 2.27. The molecule has 1 aromatic heterocycles. The van der Waals surface area contributed by atoms with Crippen molar-refractivity contribution in [3.05, 3.63) is 18.3 Å². The van der Waals surface area contributed by atoms with Crippen LogP contribution in [0, 0.1) is 0 Å². The van der Waals surface area contributed by atoms with E-state index >= 15 is 0 Å². The zero-order chi connectivity index (χ0) is 13.8. The molecule has 1 aromatic rings. The summed E-state index contributed by atoms with van der Waals surface area (Å²) in [7, 11) is -1.40. The minimum absolute atomic E-state index is 0.275. The van der Waals surface area contributed by atoms with E-state index in [-0.39, 0.29) is 4.90 Å². The minimum Gasteiger partial charge on any atom is -0.357 e. The number of aromatic nitrogens is 1. The second-order valence-corrected chi connectivity index (χ2v) is 6.61. The molecule has 0 spiro atoms. The van der Waals surface area contributed by atoms with Crippen LogP contribution in [0.3, 0.4) is 0 Å². The number of nitrogens with zero attached hydrogens (tertiary/aromatic N) is 2. The maximum atomic E-state index is 11.7. The van der Waals surface area contributed by atoms with Crippen LogP contribution >= 0.6 is 0 Å². The molecule has 0 saturated heterocycles. The van der Waals surface area contributed by atoms with E-state index in [1.807, 2.05) is 11.9 Å². The first-order chi connectivity index (χ1) is 8.32. The summed E-state index contributed by atoms with van der Waals surface area (Å²) in [5.41, 5.74) is 0. The molecule has 6 heteroatoms. The quantitative estimate of drug-likeness (QED) is 0.833. The van der Waals surface area contributed by atoms with Gasteiger partial charge in [-0.05, 0) is 12.1 Å². The third-order valence-corrected chi connectivity index (χ3v) is 3.63. The molecule has 18 heavy (non-hydrogen) atoms. The lowest BCUT2D eigenvalue weighted by Gasteiger charge is -2.21. The van der Waals surface area contributed by atoms with Crippen LogP contribution in [0.25, 0.3) is 0 Å². The number of sulfone groups is 1. The predicted octanol–water partition coefficient (Wildman–Crippen LogP) is 0.919. The minimum atomic E-state index is -3.24. The van der Waals surface area contributed by atoms with Gasteiger partial charge in [0, 0.05) is 38.6 Å². The van der Waals surface area contributed by atoms with Crippen molar-refractivity contribution in [3.8, 4) is 0 Å². The summed E-state index contributed by atoms with van der Waals surface area (Å²) in [5, 5.41) is 3.29. The van der Waals surface area contributed by atoms with E-state index in [1.165, 1.54) is 6.26 Å².